The fourth-order valence-electron chi connectivity index (χ4n) is 1.41. The van der Waals surface area contributed by atoms with E-state index < -0.39 is 5.82 Å². The third kappa shape index (κ3) is 2.77. The van der Waals surface area contributed by atoms with Crippen molar-refractivity contribution in [3.05, 3.63) is 58.3 Å². The Kier molecular flexibility index (Phi) is 3.64. The van der Waals surface area contributed by atoms with Gasteiger partial charge in [0, 0.05) is 10.0 Å². The van der Waals surface area contributed by atoms with E-state index in [0.29, 0.717) is 12.4 Å². The zero-order chi connectivity index (χ0) is 12.3. The van der Waals surface area contributed by atoms with E-state index in [-0.39, 0.29) is 5.69 Å². The molecule has 2 N–H and O–H groups in total. The third-order valence-electron chi connectivity index (χ3n) is 2.35. The number of nitrogens with two attached hydrogens (primary N) is 1. The highest BCUT2D eigenvalue weighted by molar-refractivity contribution is 9.10. The number of halogens is 2. The lowest BCUT2D eigenvalue weighted by atomic mass is 10.2. The van der Waals surface area contributed by atoms with E-state index in [9.17, 15) is 4.39 Å². The second kappa shape index (κ2) is 5.19. The molecule has 0 aromatic heterocycles. The van der Waals surface area contributed by atoms with Crippen molar-refractivity contribution in [2.75, 3.05) is 5.73 Å². The lowest BCUT2D eigenvalue weighted by molar-refractivity contribution is 0.306. The summed E-state index contributed by atoms with van der Waals surface area (Å²) in [5.74, 6) is -0.101. The molecule has 88 valence electrons. The van der Waals surface area contributed by atoms with Crippen LogP contribution in [0, 0.1) is 5.82 Å². The van der Waals surface area contributed by atoms with Gasteiger partial charge in [-0.05, 0) is 18.2 Å². The summed E-state index contributed by atoms with van der Waals surface area (Å²) in [5.41, 5.74) is 6.60. The zero-order valence-corrected chi connectivity index (χ0v) is 10.6. The summed E-state index contributed by atoms with van der Waals surface area (Å²) >= 11 is 3.42. The van der Waals surface area contributed by atoms with Crippen molar-refractivity contribution in [2.45, 2.75) is 6.61 Å². The minimum atomic E-state index is -0.463. The van der Waals surface area contributed by atoms with E-state index in [1.54, 1.807) is 12.1 Å². The molecule has 2 aromatic carbocycles. The lowest BCUT2D eigenvalue weighted by Gasteiger charge is -2.10. The summed E-state index contributed by atoms with van der Waals surface area (Å²) in [4.78, 5) is 0. The van der Waals surface area contributed by atoms with Crippen LogP contribution < -0.4 is 10.5 Å². The molecule has 0 heterocycles. The van der Waals surface area contributed by atoms with Crippen LogP contribution in [-0.2, 0) is 6.61 Å². The van der Waals surface area contributed by atoms with Crippen LogP contribution in [0.25, 0.3) is 0 Å². The monoisotopic (exact) mass is 295 g/mol. The van der Waals surface area contributed by atoms with Gasteiger partial charge in [0.25, 0.3) is 0 Å². The van der Waals surface area contributed by atoms with E-state index in [1.165, 1.54) is 6.07 Å². The molecule has 0 aliphatic carbocycles. The maximum Gasteiger partial charge on any atom is 0.149 e. The molecule has 0 spiro atoms. The molecule has 0 aliphatic rings. The normalized spacial score (nSPS) is 10.2. The second-order valence-corrected chi connectivity index (χ2v) is 4.39. The highest BCUT2D eigenvalue weighted by atomic mass is 79.9. The lowest BCUT2D eigenvalue weighted by Crippen LogP contribution is -2.00. The number of rotatable bonds is 3. The van der Waals surface area contributed by atoms with Crippen molar-refractivity contribution in [2.24, 2.45) is 0 Å². The van der Waals surface area contributed by atoms with Gasteiger partial charge in [0.2, 0.25) is 0 Å². The Morgan fingerprint density at radius 1 is 1.12 bits per heavy atom. The standard InChI is InChI=1S/C13H11BrFNO/c14-10-5-2-1-4-9(10)8-17-12-7-3-6-11(15)13(12)16/h1-7H,8,16H2. The van der Waals surface area contributed by atoms with Crippen LogP contribution in [0.1, 0.15) is 5.56 Å². The van der Waals surface area contributed by atoms with E-state index in [4.69, 9.17) is 10.5 Å². The van der Waals surface area contributed by atoms with Crippen LogP contribution in [0.5, 0.6) is 5.75 Å². The van der Waals surface area contributed by atoms with E-state index in [1.807, 2.05) is 24.3 Å². The molecule has 2 aromatic rings. The smallest absolute Gasteiger partial charge is 0.149 e. The minimum Gasteiger partial charge on any atom is -0.487 e. The molecule has 0 saturated heterocycles. The summed E-state index contributed by atoms with van der Waals surface area (Å²) in [6.45, 7) is 0.342. The molecule has 4 heteroatoms. The number of hydrogen-bond acceptors (Lipinski definition) is 2. The van der Waals surface area contributed by atoms with Crippen LogP contribution in [0.2, 0.25) is 0 Å². The molecule has 0 fully saturated rings. The van der Waals surface area contributed by atoms with Crippen molar-refractivity contribution in [3.63, 3.8) is 0 Å². The molecule has 0 aliphatic heterocycles. The number of anilines is 1. The van der Waals surface area contributed by atoms with Gasteiger partial charge in [0.15, 0.2) is 0 Å². The Balaban J connectivity index is 2.13. The SMILES string of the molecule is Nc1c(F)cccc1OCc1ccccc1Br. The maximum absolute atomic E-state index is 13.2. The van der Waals surface area contributed by atoms with Crippen LogP contribution in [0.3, 0.4) is 0 Å². The van der Waals surface area contributed by atoms with Crippen molar-refractivity contribution < 1.29 is 9.13 Å². The fraction of sp³-hybridized carbons (Fsp3) is 0.0769. The van der Waals surface area contributed by atoms with Gasteiger partial charge in [0.1, 0.15) is 23.9 Å². The van der Waals surface area contributed by atoms with Crippen molar-refractivity contribution in [1.82, 2.24) is 0 Å². The van der Waals surface area contributed by atoms with Crippen molar-refractivity contribution in [1.29, 1.82) is 0 Å². The first-order chi connectivity index (χ1) is 8.18. The summed E-state index contributed by atoms with van der Waals surface area (Å²) in [6.07, 6.45) is 0. The molecule has 0 atom stereocenters. The summed E-state index contributed by atoms with van der Waals surface area (Å²) in [6, 6.07) is 12.2. The van der Waals surface area contributed by atoms with Gasteiger partial charge >= 0.3 is 0 Å². The average Bonchev–Trinajstić information content (AvgIpc) is 2.33. The van der Waals surface area contributed by atoms with Crippen LogP contribution in [0.15, 0.2) is 46.9 Å². The molecule has 0 amide bonds. The van der Waals surface area contributed by atoms with Crippen LogP contribution in [-0.4, -0.2) is 0 Å². The number of nitrogen functional groups attached to an aromatic ring is 1. The van der Waals surface area contributed by atoms with E-state index >= 15 is 0 Å². The minimum absolute atomic E-state index is 0.0413. The van der Waals surface area contributed by atoms with Crippen LogP contribution in [0.4, 0.5) is 10.1 Å². The highest BCUT2D eigenvalue weighted by Gasteiger charge is 2.06. The highest BCUT2D eigenvalue weighted by Crippen LogP contribution is 2.25. The quantitative estimate of drug-likeness (QED) is 0.875. The van der Waals surface area contributed by atoms with Crippen molar-refractivity contribution in [3.8, 4) is 5.75 Å². The number of hydrogen-bond donors (Lipinski definition) is 1. The first-order valence-electron chi connectivity index (χ1n) is 5.08. The Morgan fingerprint density at radius 2 is 1.88 bits per heavy atom. The molecule has 0 unspecified atom stereocenters. The summed E-state index contributed by atoms with van der Waals surface area (Å²) < 4.78 is 19.6. The second-order valence-electron chi connectivity index (χ2n) is 3.53. The van der Waals surface area contributed by atoms with E-state index in [2.05, 4.69) is 15.9 Å². The summed E-state index contributed by atoms with van der Waals surface area (Å²) in [5, 5.41) is 0. The Hall–Kier alpha value is -1.55. The number of para-hydroxylation sites is 1. The van der Waals surface area contributed by atoms with Gasteiger partial charge in [-0.2, -0.15) is 0 Å². The number of benzene rings is 2. The van der Waals surface area contributed by atoms with Gasteiger partial charge in [0.05, 0.1) is 0 Å². The van der Waals surface area contributed by atoms with Gasteiger partial charge < -0.3 is 10.5 Å². The van der Waals surface area contributed by atoms with Gasteiger partial charge in [-0.3, -0.25) is 0 Å². The van der Waals surface area contributed by atoms with Gasteiger partial charge in [-0.15, -0.1) is 0 Å². The zero-order valence-electron chi connectivity index (χ0n) is 8.99. The predicted molar refractivity (Wildman–Crippen MR) is 69.3 cm³/mol. The predicted octanol–water partition coefficient (Wildman–Crippen LogP) is 3.75. The Morgan fingerprint density at radius 3 is 2.65 bits per heavy atom. The van der Waals surface area contributed by atoms with Gasteiger partial charge in [-0.25, -0.2) is 4.39 Å². The average molecular weight is 296 g/mol. The Bertz CT molecular complexity index is 531. The molecular weight excluding hydrogens is 285 g/mol. The van der Waals surface area contributed by atoms with Crippen molar-refractivity contribution >= 4 is 21.6 Å². The Labute approximate surface area is 107 Å². The largest absolute Gasteiger partial charge is 0.487 e. The molecule has 0 bridgehead atoms. The molecule has 2 rings (SSSR count). The first kappa shape index (κ1) is 11.9. The molecule has 2 nitrogen and oxygen atoms in total. The molecule has 17 heavy (non-hydrogen) atoms. The van der Waals surface area contributed by atoms with E-state index in [0.717, 1.165) is 10.0 Å². The summed E-state index contributed by atoms with van der Waals surface area (Å²) in [7, 11) is 0. The number of ether oxygens (including phenoxy) is 1. The maximum atomic E-state index is 13.2. The molecular formula is C13H11BrFNO. The molecule has 0 saturated carbocycles. The topological polar surface area (TPSA) is 35.2 Å². The fourth-order valence-corrected chi connectivity index (χ4v) is 1.81. The third-order valence-corrected chi connectivity index (χ3v) is 3.13. The first-order valence-corrected chi connectivity index (χ1v) is 5.88. The molecule has 0 radical (unpaired) electrons. The van der Waals surface area contributed by atoms with Crippen LogP contribution >= 0.6 is 15.9 Å². The van der Waals surface area contributed by atoms with Gasteiger partial charge in [-0.1, -0.05) is 40.2 Å².